The summed E-state index contributed by atoms with van der Waals surface area (Å²) in [4.78, 5) is 12.5. The van der Waals surface area contributed by atoms with Gasteiger partial charge in [-0.1, -0.05) is 81.6 Å². The zero-order valence-electron chi connectivity index (χ0n) is 12.8. The van der Waals surface area contributed by atoms with Crippen LogP contribution in [-0.4, -0.2) is 17.4 Å². The molecule has 1 aromatic rings. The Balaban J connectivity index is 2.36. The first kappa shape index (κ1) is 17.6. The van der Waals surface area contributed by atoms with Crippen LogP contribution in [-0.2, 0) is 4.79 Å². The number of unbranched alkanes of at least 4 members (excludes halogenated alkanes) is 5. The van der Waals surface area contributed by atoms with Crippen LogP contribution in [0.15, 0.2) is 30.3 Å². The number of carbonyl (C=O) groups excluding carboxylic acids is 1. The SMILES string of the molecule is CCCCCCCCNC(=O)C(C(N)=S)c1ccccc1. The lowest BCUT2D eigenvalue weighted by atomic mass is 9.98. The van der Waals surface area contributed by atoms with Crippen molar-refractivity contribution >= 4 is 23.1 Å². The molecule has 21 heavy (non-hydrogen) atoms. The Bertz CT molecular complexity index is 434. The van der Waals surface area contributed by atoms with E-state index in [-0.39, 0.29) is 10.9 Å². The largest absolute Gasteiger partial charge is 0.392 e. The van der Waals surface area contributed by atoms with E-state index >= 15 is 0 Å². The molecule has 0 spiro atoms. The van der Waals surface area contributed by atoms with E-state index in [1.165, 1.54) is 25.7 Å². The Morgan fingerprint density at radius 3 is 2.38 bits per heavy atom. The third-order valence-electron chi connectivity index (χ3n) is 3.51. The Hall–Kier alpha value is -1.42. The second-order valence-electron chi connectivity index (χ2n) is 5.30. The average molecular weight is 306 g/mol. The number of hydrogen-bond donors (Lipinski definition) is 2. The molecule has 3 N–H and O–H groups in total. The number of benzene rings is 1. The van der Waals surface area contributed by atoms with Crippen LogP contribution in [0.1, 0.15) is 56.9 Å². The fourth-order valence-corrected chi connectivity index (χ4v) is 2.55. The second-order valence-corrected chi connectivity index (χ2v) is 5.78. The molecule has 1 unspecified atom stereocenters. The lowest BCUT2D eigenvalue weighted by Gasteiger charge is -2.15. The van der Waals surface area contributed by atoms with E-state index in [1.54, 1.807) is 0 Å². The van der Waals surface area contributed by atoms with Gasteiger partial charge in [0, 0.05) is 6.54 Å². The van der Waals surface area contributed by atoms with Gasteiger partial charge in [0.1, 0.15) is 5.92 Å². The van der Waals surface area contributed by atoms with Crippen LogP contribution in [0.5, 0.6) is 0 Å². The molecular weight excluding hydrogens is 280 g/mol. The quantitative estimate of drug-likeness (QED) is 0.513. The number of hydrogen-bond acceptors (Lipinski definition) is 2. The van der Waals surface area contributed by atoms with Gasteiger partial charge in [-0.2, -0.15) is 0 Å². The van der Waals surface area contributed by atoms with E-state index in [9.17, 15) is 4.79 Å². The van der Waals surface area contributed by atoms with Crippen molar-refractivity contribution in [1.82, 2.24) is 5.32 Å². The van der Waals surface area contributed by atoms with Crippen molar-refractivity contribution in [3.8, 4) is 0 Å². The van der Waals surface area contributed by atoms with Crippen LogP contribution in [0.4, 0.5) is 0 Å². The summed E-state index contributed by atoms with van der Waals surface area (Å²) < 4.78 is 0. The number of amides is 1. The molecule has 0 saturated carbocycles. The summed E-state index contributed by atoms with van der Waals surface area (Å²) in [5.74, 6) is -0.622. The number of carbonyl (C=O) groups is 1. The van der Waals surface area contributed by atoms with Gasteiger partial charge < -0.3 is 11.1 Å². The molecule has 3 nitrogen and oxygen atoms in total. The van der Waals surface area contributed by atoms with Crippen LogP contribution in [0.25, 0.3) is 0 Å². The van der Waals surface area contributed by atoms with Crippen molar-refractivity contribution in [2.24, 2.45) is 5.73 Å². The fourth-order valence-electron chi connectivity index (χ4n) is 2.31. The van der Waals surface area contributed by atoms with Gasteiger partial charge in [0.25, 0.3) is 0 Å². The summed E-state index contributed by atoms with van der Waals surface area (Å²) in [6, 6.07) is 9.46. The lowest BCUT2D eigenvalue weighted by molar-refractivity contribution is -0.121. The molecule has 0 heterocycles. The van der Waals surface area contributed by atoms with E-state index in [2.05, 4.69) is 12.2 Å². The third kappa shape index (κ3) is 6.71. The zero-order chi connectivity index (χ0) is 15.5. The molecule has 1 rings (SSSR count). The van der Waals surface area contributed by atoms with E-state index < -0.39 is 5.92 Å². The molecule has 0 aromatic heterocycles. The van der Waals surface area contributed by atoms with Gasteiger partial charge in [-0.25, -0.2) is 0 Å². The van der Waals surface area contributed by atoms with Crippen LogP contribution < -0.4 is 11.1 Å². The number of nitrogens with two attached hydrogens (primary N) is 1. The smallest absolute Gasteiger partial charge is 0.234 e. The van der Waals surface area contributed by atoms with Crippen molar-refractivity contribution in [3.63, 3.8) is 0 Å². The van der Waals surface area contributed by atoms with Crippen molar-refractivity contribution in [2.75, 3.05) is 6.54 Å². The van der Waals surface area contributed by atoms with Gasteiger partial charge in [0.15, 0.2) is 0 Å². The van der Waals surface area contributed by atoms with Crippen molar-refractivity contribution in [2.45, 2.75) is 51.4 Å². The summed E-state index contributed by atoms with van der Waals surface area (Å²) in [6.07, 6.45) is 7.23. The highest BCUT2D eigenvalue weighted by Crippen LogP contribution is 2.16. The zero-order valence-corrected chi connectivity index (χ0v) is 13.6. The van der Waals surface area contributed by atoms with Crippen molar-refractivity contribution in [3.05, 3.63) is 35.9 Å². The first-order valence-electron chi connectivity index (χ1n) is 7.78. The highest BCUT2D eigenvalue weighted by molar-refractivity contribution is 7.80. The summed E-state index contributed by atoms with van der Waals surface area (Å²) >= 11 is 5.04. The minimum atomic E-state index is -0.527. The second kappa shape index (κ2) is 10.3. The molecular formula is C17H26N2OS. The number of nitrogens with one attached hydrogen (secondary N) is 1. The average Bonchev–Trinajstić information content (AvgIpc) is 2.47. The standard InChI is InChI=1S/C17H26N2OS/c1-2-3-4-5-6-10-13-19-17(20)15(16(18)21)14-11-8-7-9-12-14/h7-9,11-12,15H,2-6,10,13H2,1H3,(H2,18,21)(H,19,20). The van der Waals surface area contributed by atoms with E-state index in [0.29, 0.717) is 6.54 Å². The molecule has 0 fully saturated rings. The lowest BCUT2D eigenvalue weighted by Crippen LogP contribution is -2.36. The van der Waals surface area contributed by atoms with Gasteiger partial charge in [0.05, 0.1) is 4.99 Å². The normalized spacial score (nSPS) is 11.9. The first-order valence-corrected chi connectivity index (χ1v) is 8.19. The molecule has 4 heteroatoms. The van der Waals surface area contributed by atoms with Crippen LogP contribution in [0, 0.1) is 0 Å². The van der Waals surface area contributed by atoms with E-state index in [1.807, 2.05) is 30.3 Å². The Morgan fingerprint density at radius 1 is 1.14 bits per heavy atom. The van der Waals surface area contributed by atoms with Crippen LogP contribution in [0.3, 0.4) is 0 Å². The first-order chi connectivity index (χ1) is 10.2. The molecule has 1 aromatic carbocycles. The maximum absolute atomic E-state index is 12.2. The van der Waals surface area contributed by atoms with E-state index in [4.69, 9.17) is 18.0 Å². The van der Waals surface area contributed by atoms with Crippen molar-refractivity contribution < 1.29 is 4.79 Å². The van der Waals surface area contributed by atoms with Gasteiger partial charge in [-0.3, -0.25) is 4.79 Å². The monoisotopic (exact) mass is 306 g/mol. The summed E-state index contributed by atoms with van der Waals surface area (Å²) in [5, 5.41) is 2.95. The summed E-state index contributed by atoms with van der Waals surface area (Å²) in [7, 11) is 0. The Labute approximate surface area is 133 Å². The van der Waals surface area contributed by atoms with Crippen LogP contribution >= 0.6 is 12.2 Å². The highest BCUT2D eigenvalue weighted by Gasteiger charge is 2.22. The molecule has 0 radical (unpaired) electrons. The molecule has 0 aliphatic heterocycles. The summed E-state index contributed by atoms with van der Waals surface area (Å²) in [6.45, 7) is 2.90. The van der Waals surface area contributed by atoms with E-state index in [0.717, 1.165) is 18.4 Å². The predicted molar refractivity (Wildman–Crippen MR) is 92.4 cm³/mol. The van der Waals surface area contributed by atoms with Gasteiger partial charge in [-0.05, 0) is 12.0 Å². The molecule has 0 bridgehead atoms. The topological polar surface area (TPSA) is 55.1 Å². The molecule has 1 atom stereocenters. The predicted octanol–water partition coefficient (Wildman–Crippen LogP) is 3.53. The maximum Gasteiger partial charge on any atom is 0.234 e. The molecule has 116 valence electrons. The van der Waals surface area contributed by atoms with Gasteiger partial charge in [0.2, 0.25) is 5.91 Å². The molecule has 0 saturated heterocycles. The minimum absolute atomic E-state index is 0.0951. The maximum atomic E-state index is 12.2. The highest BCUT2D eigenvalue weighted by atomic mass is 32.1. The third-order valence-corrected chi connectivity index (χ3v) is 3.74. The van der Waals surface area contributed by atoms with Crippen LogP contribution in [0.2, 0.25) is 0 Å². The van der Waals surface area contributed by atoms with Crippen molar-refractivity contribution in [1.29, 1.82) is 0 Å². The fraction of sp³-hybridized carbons (Fsp3) is 0.529. The Kier molecular flexibility index (Phi) is 8.67. The number of rotatable bonds is 10. The van der Waals surface area contributed by atoms with Gasteiger partial charge in [-0.15, -0.1) is 0 Å². The summed E-state index contributed by atoms with van der Waals surface area (Å²) in [5.41, 5.74) is 6.58. The Morgan fingerprint density at radius 2 is 1.76 bits per heavy atom. The number of thiocarbonyl (C=S) groups is 1. The minimum Gasteiger partial charge on any atom is -0.392 e. The molecule has 1 amide bonds. The molecule has 0 aliphatic carbocycles. The van der Waals surface area contributed by atoms with Gasteiger partial charge >= 0.3 is 0 Å². The molecule has 0 aliphatic rings.